The Balaban J connectivity index is 2.76. The van der Waals surface area contributed by atoms with Gasteiger partial charge in [-0.3, -0.25) is 4.79 Å². The van der Waals surface area contributed by atoms with Crippen molar-refractivity contribution in [3.05, 3.63) is 29.3 Å². The number of likely N-dealkylation sites (N-methyl/N-ethyl adjacent to an activating group) is 1. The molecule has 20 heavy (non-hydrogen) atoms. The monoisotopic (exact) mass is 290 g/mol. The number of halogens is 4. The van der Waals surface area contributed by atoms with E-state index in [0.717, 1.165) is 4.90 Å². The SMILES string of the molecule is CN(CCC#N)C(=O)COc1c(F)c(F)cc(F)c1F. The lowest BCUT2D eigenvalue weighted by Crippen LogP contribution is -2.32. The maximum absolute atomic E-state index is 13.2. The molecular formula is C12H10F4N2O2. The summed E-state index contributed by atoms with van der Waals surface area (Å²) in [4.78, 5) is 12.6. The molecule has 4 nitrogen and oxygen atoms in total. The number of nitriles is 1. The van der Waals surface area contributed by atoms with Crippen molar-refractivity contribution in [1.82, 2.24) is 4.90 Å². The molecule has 0 aliphatic heterocycles. The van der Waals surface area contributed by atoms with Crippen molar-refractivity contribution in [1.29, 1.82) is 5.26 Å². The second kappa shape index (κ2) is 6.75. The summed E-state index contributed by atoms with van der Waals surface area (Å²) in [6, 6.07) is 1.85. The molecule has 1 aromatic carbocycles. The van der Waals surface area contributed by atoms with Crippen molar-refractivity contribution in [2.75, 3.05) is 20.2 Å². The smallest absolute Gasteiger partial charge is 0.260 e. The number of hydrogen-bond acceptors (Lipinski definition) is 3. The van der Waals surface area contributed by atoms with E-state index in [2.05, 4.69) is 4.74 Å². The van der Waals surface area contributed by atoms with Gasteiger partial charge in [-0.15, -0.1) is 0 Å². The molecule has 1 amide bonds. The van der Waals surface area contributed by atoms with E-state index in [0.29, 0.717) is 0 Å². The van der Waals surface area contributed by atoms with Crippen LogP contribution in [0.25, 0.3) is 0 Å². The number of benzene rings is 1. The van der Waals surface area contributed by atoms with Gasteiger partial charge in [0.2, 0.25) is 11.6 Å². The third-order valence-corrected chi connectivity index (χ3v) is 2.40. The summed E-state index contributed by atoms with van der Waals surface area (Å²) in [5.74, 6) is -8.64. The Labute approximate surface area is 112 Å². The molecule has 0 aliphatic rings. The Morgan fingerprint density at radius 2 is 1.85 bits per heavy atom. The minimum absolute atomic E-state index is 0.0401. The molecule has 0 N–H and O–H groups in total. The lowest BCUT2D eigenvalue weighted by atomic mass is 10.3. The van der Waals surface area contributed by atoms with Crippen LogP contribution in [0, 0.1) is 34.6 Å². The Kier molecular flexibility index (Phi) is 5.32. The van der Waals surface area contributed by atoms with Crippen LogP contribution in [0.5, 0.6) is 5.75 Å². The van der Waals surface area contributed by atoms with Crippen LogP contribution in [0.15, 0.2) is 6.07 Å². The number of carbonyl (C=O) groups is 1. The van der Waals surface area contributed by atoms with E-state index < -0.39 is 41.5 Å². The Bertz CT molecular complexity index is 531. The summed E-state index contributed by atoms with van der Waals surface area (Å²) >= 11 is 0. The molecule has 0 fully saturated rings. The Morgan fingerprint density at radius 1 is 1.30 bits per heavy atom. The van der Waals surface area contributed by atoms with Crippen molar-refractivity contribution >= 4 is 5.91 Å². The summed E-state index contributed by atoms with van der Waals surface area (Å²) in [5.41, 5.74) is 0. The van der Waals surface area contributed by atoms with Crippen LogP contribution in [0.4, 0.5) is 17.6 Å². The van der Waals surface area contributed by atoms with Gasteiger partial charge in [0.25, 0.3) is 5.91 Å². The number of nitrogens with zero attached hydrogens (tertiary/aromatic N) is 2. The first kappa shape index (κ1) is 15.8. The zero-order valence-corrected chi connectivity index (χ0v) is 10.4. The van der Waals surface area contributed by atoms with Gasteiger partial charge >= 0.3 is 0 Å². The second-order valence-corrected chi connectivity index (χ2v) is 3.81. The summed E-state index contributed by atoms with van der Waals surface area (Å²) in [6.45, 7) is -0.709. The van der Waals surface area contributed by atoms with Gasteiger partial charge in [0.05, 0.1) is 12.5 Å². The predicted molar refractivity (Wildman–Crippen MR) is 59.6 cm³/mol. The molecule has 0 heterocycles. The predicted octanol–water partition coefficient (Wildman–Crippen LogP) is 1.99. The highest BCUT2D eigenvalue weighted by molar-refractivity contribution is 5.77. The van der Waals surface area contributed by atoms with Gasteiger partial charge in [0.15, 0.2) is 24.0 Å². The maximum Gasteiger partial charge on any atom is 0.260 e. The summed E-state index contributed by atoms with van der Waals surface area (Å²) in [5, 5.41) is 8.34. The van der Waals surface area contributed by atoms with E-state index in [-0.39, 0.29) is 19.0 Å². The Morgan fingerprint density at radius 3 is 2.35 bits per heavy atom. The van der Waals surface area contributed by atoms with E-state index in [1.165, 1.54) is 7.05 Å². The van der Waals surface area contributed by atoms with E-state index >= 15 is 0 Å². The largest absolute Gasteiger partial charge is 0.477 e. The van der Waals surface area contributed by atoms with Crippen molar-refractivity contribution in [2.45, 2.75) is 6.42 Å². The first-order valence-electron chi connectivity index (χ1n) is 5.45. The van der Waals surface area contributed by atoms with E-state index in [1.807, 2.05) is 0 Å². The van der Waals surface area contributed by atoms with Gasteiger partial charge in [0.1, 0.15) is 0 Å². The zero-order chi connectivity index (χ0) is 15.3. The zero-order valence-electron chi connectivity index (χ0n) is 10.4. The van der Waals surface area contributed by atoms with Crippen LogP contribution in [0.2, 0.25) is 0 Å². The molecule has 1 rings (SSSR count). The molecule has 108 valence electrons. The van der Waals surface area contributed by atoms with Crippen LogP contribution in [-0.4, -0.2) is 31.0 Å². The van der Waals surface area contributed by atoms with E-state index in [9.17, 15) is 22.4 Å². The molecule has 0 aromatic heterocycles. The summed E-state index contributed by atoms with van der Waals surface area (Å²) in [6.07, 6.45) is 0.0690. The van der Waals surface area contributed by atoms with E-state index in [4.69, 9.17) is 5.26 Å². The van der Waals surface area contributed by atoms with Gasteiger partial charge in [-0.05, 0) is 0 Å². The lowest BCUT2D eigenvalue weighted by Gasteiger charge is -2.16. The van der Waals surface area contributed by atoms with Gasteiger partial charge in [-0.2, -0.15) is 14.0 Å². The van der Waals surface area contributed by atoms with Gasteiger partial charge in [0, 0.05) is 19.7 Å². The minimum Gasteiger partial charge on any atom is -0.477 e. The number of carbonyl (C=O) groups excluding carboxylic acids is 1. The van der Waals surface area contributed by atoms with Crippen molar-refractivity contribution in [3.8, 4) is 11.8 Å². The van der Waals surface area contributed by atoms with Gasteiger partial charge in [-0.1, -0.05) is 0 Å². The first-order chi connectivity index (χ1) is 9.38. The molecule has 0 aliphatic carbocycles. The Hall–Kier alpha value is -2.30. The van der Waals surface area contributed by atoms with Gasteiger partial charge in [-0.25, -0.2) is 8.78 Å². The number of ether oxygens (including phenoxy) is 1. The van der Waals surface area contributed by atoms with Crippen LogP contribution >= 0.6 is 0 Å². The molecule has 0 saturated carbocycles. The van der Waals surface area contributed by atoms with E-state index in [1.54, 1.807) is 6.07 Å². The highest BCUT2D eigenvalue weighted by Crippen LogP contribution is 2.26. The standard InChI is InChI=1S/C12H10F4N2O2/c1-18(4-2-3-17)9(19)6-20-12-10(15)7(13)5-8(14)11(12)16/h5H,2,4,6H2,1H3. The van der Waals surface area contributed by atoms with Crippen LogP contribution in [0.1, 0.15) is 6.42 Å². The number of rotatable bonds is 5. The summed E-state index contributed by atoms with van der Waals surface area (Å²) < 4.78 is 56.7. The second-order valence-electron chi connectivity index (χ2n) is 3.81. The lowest BCUT2D eigenvalue weighted by molar-refractivity contribution is -0.132. The molecule has 0 bridgehead atoms. The highest BCUT2D eigenvalue weighted by Gasteiger charge is 2.21. The first-order valence-corrected chi connectivity index (χ1v) is 5.45. The molecule has 0 atom stereocenters. The average Bonchev–Trinajstić information content (AvgIpc) is 2.42. The molecule has 8 heteroatoms. The molecule has 0 saturated heterocycles. The third-order valence-electron chi connectivity index (χ3n) is 2.40. The van der Waals surface area contributed by atoms with Gasteiger partial charge < -0.3 is 9.64 Å². The number of amides is 1. The summed E-state index contributed by atoms with van der Waals surface area (Å²) in [7, 11) is 1.35. The fourth-order valence-electron chi connectivity index (χ4n) is 1.26. The molecule has 0 radical (unpaired) electrons. The number of hydrogen-bond donors (Lipinski definition) is 0. The molecule has 0 spiro atoms. The van der Waals surface area contributed by atoms with Crippen LogP contribution in [-0.2, 0) is 4.79 Å². The molecular weight excluding hydrogens is 280 g/mol. The van der Waals surface area contributed by atoms with Crippen LogP contribution < -0.4 is 4.74 Å². The third kappa shape index (κ3) is 3.60. The fraction of sp³-hybridized carbons (Fsp3) is 0.333. The topological polar surface area (TPSA) is 53.3 Å². The van der Waals surface area contributed by atoms with Crippen molar-refractivity contribution in [3.63, 3.8) is 0 Å². The average molecular weight is 290 g/mol. The quantitative estimate of drug-likeness (QED) is 0.615. The fourth-order valence-corrected chi connectivity index (χ4v) is 1.26. The van der Waals surface area contributed by atoms with Crippen LogP contribution in [0.3, 0.4) is 0 Å². The highest BCUT2D eigenvalue weighted by atomic mass is 19.2. The molecule has 1 aromatic rings. The minimum atomic E-state index is -1.71. The van der Waals surface area contributed by atoms with Crippen molar-refractivity contribution < 1.29 is 27.1 Å². The molecule has 0 unspecified atom stereocenters. The maximum atomic E-state index is 13.2. The normalized spacial score (nSPS) is 10.0. The van der Waals surface area contributed by atoms with Crippen molar-refractivity contribution in [2.24, 2.45) is 0 Å².